The van der Waals surface area contributed by atoms with Crippen LogP contribution in [0.2, 0.25) is 0 Å². The van der Waals surface area contributed by atoms with Gasteiger partial charge in [-0.1, -0.05) is 13.8 Å². The average Bonchev–Trinajstić information content (AvgIpc) is 2.79. The summed E-state index contributed by atoms with van der Waals surface area (Å²) in [6.45, 7) is 9.69. The summed E-state index contributed by atoms with van der Waals surface area (Å²) in [5, 5.41) is 0. The standard InChI is InChI=1S/C12H21NO4.C2H6/c1-4-16-11(14)10(12(15)17-5-2)9-6-7-13(3)8-9;1-2/h9-10H,4-8H2,1-3H3;1-2H3/t9-;/m0./s1. The normalized spacial score (nSPS) is 18.7. The number of esters is 2. The first-order chi connectivity index (χ1) is 9.10. The Morgan fingerprint density at radius 1 is 1.16 bits per heavy atom. The van der Waals surface area contributed by atoms with Crippen molar-refractivity contribution >= 4 is 11.9 Å². The van der Waals surface area contributed by atoms with Crippen molar-refractivity contribution in [1.82, 2.24) is 4.90 Å². The Morgan fingerprint density at radius 2 is 1.63 bits per heavy atom. The Labute approximate surface area is 116 Å². The van der Waals surface area contributed by atoms with Crippen molar-refractivity contribution in [2.24, 2.45) is 11.8 Å². The second kappa shape index (κ2) is 9.78. The Morgan fingerprint density at radius 3 is 1.95 bits per heavy atom. The van der Waals surface area contributed by atoms with Crippen molar-refractivity contribution < 1.29 is 19.1 Å². The molecule has 0 radical (unpaired) electrons. The highest BCUT2D eigenvalue weighted by Crippen LogP contribution is 2.25. The molecule has 0 aromatic carbocycles. The number of carbonyl (C=O) groups excluding carboxylic acids is 2. The van der Waals surface area contributed by atoms with Crippen molar-refractivity contribution in [3.05, 3.63) is 0 Å². The summed E-state index contributed by atoms with van der Waals surface area (Å²) in [7, 11) is 1.98. The summed E-state index contributed by atoms with van der Waals surface area (Å²) in [5.74, 6) is -1.66. The summed E-state index contributed by atoms with van der Waals surface area (Å²) >= 11 is 0. The largest absolute Gasteiger partial charge is 0.465 e. The molecule has 5 heteroatoms. The highest BCUT2D eigenvalue weighted by Gasteiger charge is 2.40. The first-order valence-electron chi connectivity index (χ1n) is 7.11. The fraction of sp³-hybridized carbons (Fsp3) is 0.857. The van der Waals surface area contributed by atoms with Gasteiger partial charge in [0.25, 0.3) is 0 Å². The molecule has 1 aliphatic rings. The van der Waals surface area contributed by atoms with Gasteiger partial charge in [-0.2, -0.15) is 0 Å². The lowest BCUT2D eigenvalue weighted by Crippen LogP contribution is -2.35. The molecule has 1 fully saturated rings. The number of ether oxygens (including phenoxy) is 2. The first-order valence-corrected chi connectivity index (χ1v) is 7.11. The maximum atomic E-state index is 11.8. The lowest BCUT2D eigenvalue weighted by Gasteiger charge is -2.19. The molecule has 112 valence electrons. The molecule has 1 heterocycles. The van der Waals surface area contributed by atoms with Crippen LogP contribution in [0.4, 0.5) is 0 Å². The van der Waals surface area contributed by atoms with Gasteiger partial charge in [0.1, 0.15) is 0 Å². The van der Waals surface area contributed by atoms with Gasteiger partial charge in [0.2, 0.25) is 0 Å². The number of nitrogens with zero attached hydrogens (tertiary/aromatic N) is 1. The van der Waals surface area contributed by atoms with Gasteiger partial charge in [-0.25, -0.2) is 0 Å². The highest BCUT2D eigenvalue weighted by molar-refractivity contribution is 5.95. The second-order valence-electron chi connectivity index (χ2n) is 4.29. The van der Waals surface area contributed by atoms with Crippen molar-refractivity contribution in [2.45, 2.75) is 34.1 Å². The van der Waals surface area contributed by atoms with E-state index in [9.17, 15) is 9.59 Å². The number of hydrogen-bond acceptors (Lipinski definition) is 5. The third-order valence-corrected chi connectivity index (χ3v) is 2.98. The molecular weight excluding hydrogens is 246 g/mol. The van der Waals surface area contributed by atoms with Crippen molar-refractivity contribution in [2.75, 3.05) is 33.4 Å². The first kappa shape index (κ1) is 17.9. The summed E-state index contributed by atoms with van der Waals surface area (Å²) in [4.78, 5) is 25.7. The monoisotopic (exact) mass is 273 g/mol. The average molecular weight is 273 g/mol. The SMILES string of the molecule is CC.CCOC(=O)C(C(=O)OCC)[C@H]1CCN(C)C1. The van der Waals surface area contributed by atoms with Crippen LogP contribution in [0, 0.1) is 11.8 Å². The molecule has 5 nitrogen and oxygen atoms in total. The lowest BCUT2D eigenvalue weighted by atomic mass is 9.91. The minimum absolute atomic E-state index is 0.0121. The van der Waals surface area contributed by atoms with Crippen molar-refractivity contribution in [3.8, 4) is 0 Å². The zero-order valence-corrected chi connectivity index (χ0v) is 12.8. The number of hydrogen-bond donors (Lipinski definition) is 0. The Bertz CT molecular complexity index is 263. The van der Waals surface area contributed by atoms with Gasteiger partial charge in [0.15, 0.2) is 5.92 Å². The summed E-state index contributed by atoms with van der Waals surface area (Å²) < 4.78 is 9.92. The minimum atomic E-state index is -0.764. The van der Waals surface area contributed by atoms with Crippen LogP contribution in [0.5, 0.6) is 0 Å². The maximum Gasteiger partial charge on any atom is 0.320 e. The molecule has 0 bridgehead atoms. The van der Waals surface area contributed by atoms with E-state index in [-0.39, 0.29) is 19.1 Å². The third-order valence-electron chi connectivity index (χ3n) is 2.98. The topological polar surface area (TPSA) is 55.8 Å². The Kier molecular flexibility index (Phi) is 9.21. The molecule has 0 saturated carbocycles. The predicted molar refractivity (Wildman–Crippen MR) is 73.7 cm³/mol. The fourth-order valence-electron chi connectivity index (χ4n) is 2.19. The predicted octanol–water partition coefficient (Wildman–Crippen LogP) is 1.71. The highest BCUT2D eigenvalue weighted by atomic mass is 16.6. The van der Waals surface area contributed by atoms with Crippen LogP contribution in [0.25, 0.3) is 0 Å². The molecular formula is C14H27NO4. The Hall–Kier alpha value is -1.10. The van der Waals surface area contributed by atoms with E-state index in [0.717, 1.165) is 19.5 Å². The molecule has 19 heavy (non-hydrogen) atoms. The van der Waals surface area contributed by atoms with Gasteiger partial charge < -0.3 is 14.4 Å². The van der Waals surface area contributed by atoms with E-state index in [1.54, 1.807) is 13.8 Å². The van der Waals surface area contributed by atoms with Gasteiger partial charge >= 0.3 is 11.9 Å². The van der Waals surface area contributed by atoms with Crippen molar-refractivity contribution in [3.63, 3.8) is 0 Å². The van der Waals surface area contributed by atoms with E-state index in [1.165, 1.54) is 0 Å². The number of likely N-dealkylation sites (tertiary alicyclic amines) is 1. The van der Waals surface area contributed by atoms with Gasteiger partial charge in [-0.3, -0.25) is 9.59 Å². The van der Waals surface area contributed by atoms with Gasteiger partial charge in [0.05, 0.1) is 13.2 Å². The molecule has 1 aliphatic heterocycles. The smallest absolute Gasteiger partial charge is 0.320 e. The molecule has 0 aliphatic carbocycles. The van der Waals surface area contributed by atoms with Crippen LogP contribution in [0.15, 0.2) is 0 Å². The molecule has 1 saturated heterocycles. The van der Waals surface area contributed by atoms with Crippen LogP contribution in [-0.4, -0.2) is 50.2 Å². The third kappa shape index (κ3) is 5.59. The molecule has 1 atom stereocenters. The van der Waals surface area contributed by atoms with E-state index >= 15 is 0 Å². The minimum Gasteiger partial charge on any atom is -0.465 e. The number of rotatable bonds is 5. The van der Waals surface area contributed by atoms with Crippen molar-refractivity contribution in [1.29, 1.82) is 0 Å². The van der Waals surface area contributed by atoms with E-state index < -0.39 is 17.9 Å². The lowest BCUT2D eigenvalue weighted by molar-refractivity contribution is -0.164. The molecule has 1 rings (SSSR count). The Balaban J connectivity index is 0.00000154. The number of carbonyl (C=O) groups is 2. The molecule has 0 unspecified atom stereocenters. The summed E-state index contributed by atoms with van der Waals surface area (Å²) in [6, 6.07) is 0. The maximum absolute atomic E-state index is 11.8. The van der Waals surface area contributed by atoms with Gasteiger partial charge in [-0.05, 0) is 39.8 Å². The quantitative estimate of drug-likeness (QED) is 0.564. The summed E-state index contributed by atoms with van der Waals surface area (Å²) in [6.07, 6.45) is 0.832. The molecule has 0 amide bonds. The van der Waals surface area contributed by atoms with Gasteiger partial charge in [-0.15, -0.1) is 0 Å². The van der Waals surface area contributed by atoms with E-state index in [4.69, 9.17) is 9.47 Å². The zero-order chi connectivity index (χ0) is 14.8. The van der Waals surface area contributed by atoms with E-state index in [1.807, 2.05) is 20.9 Å². The van der Waals surface area contributed by atoms with Crippen LogP contribution in [0.3, 0.4) is 0 Å². The molecule has 0 N–H and O–H groups in total. The van der Waals surface area contributed by atoms with Crippen LogP contribution in [0.1, 0.15) is 34.1 Å². The molecule has 0 aromatic rings. The summed E-state index contributed by atoms with van der Waals surface area (Å²) in [5.41, 5.74) is 0. The van der Waals surface area contributed by atoms with Crippen LogP contribution >= 0.6 is 0 Å². The zero-order valence-electron chi connectivity index (χ0n) is 12.8. The fourth-order valence-corrected chi connectivity index (χ4v) is 2.19. The molecule has 0 spiro atoms. The second-order valence-corrected chi connectivity index (χ2v) is 4.29. The van der Waals surface area contributed by atoms with Crippen LogP contribution < -0.4 is 0 Å². The van der Waals surface area contributed by atoms with Gasteiger partial charge in [0, 0.05) is 6.54 Å². The van der Waals surface area contributed by atoms with E-state index in [0.29, 0.717) is 0 Å². The molecule has 0 aromatic heterocycles. The van der Waals surface area contributed by atoms with E-state index in [2.05, 4.69) is 4.90 Å². The van der Waals surface area contributed by atoms with Crippen LogP contribution in [-0.2, 0) is 19.1 Å².